The summed E-state index contributed by atoms with van der Waals surface area (Å²) in [7, 11) is 0. The third kappa shape index (κ3) is 4.48. The van der Waals surface area contributed by atoms with Crippen molar-refractivity contribution in [1.29, 1.82) is 0 Å². The number of ether oxygens (including phenoxy) is 1. The van der Waals surface area contributed by atoms with Crippen LogP contribution in [0.15, 0.2) is 48.5 Å². The first-order valence-electron chi connectivity index (χ1n) is 7.32. The Morgan fingerprint density at radius 3 is 2.48 bits per heavy atom. The summed E-state index contributed by atoms with van der Waals surface area (Å²) in [5.74, 6) is 0.796. The molecule has 0 saturated heterocycles. The van der Waals surface area contributed by atoms with E-state index in [0.29, 0.717) is 5.02 Å². The summed E-state index contributed by atoms with van der Waals surface area (Å²) in [6.07, 6.45) is 0.00567. The Hall–Kier alpha value is -1.51. The number of hydrogen-bond donors (Lipinski definition) is 1. The Balaban J connectivity index is 2.15. The van der Waals surface area contributed by atoms with Crippen LogP contribution in [0.2, 0.25) is 5.02 Å². The van der Waals surface area contributed by atoms with Gasteiger partial charge in [0.05, 0.1) is 6.04 Å². The minimum absolute atomic E-state index is 0.00567. The average molecular weight is 304 g/mol. The second-order valence-corrected chi connectivity index (χ2v) is 5.66. The summed E-state index contributed by atoms with van der Waals surface area (Å²) in [5, 5.41) is 4.18. The largest absolute Gasteiger partial charge is 0.489 e. The van der Waals surface area contributed by atoms with Crippen molar-refractivity contribution in [3.8, 4) is 5.75 Å². The van der Waals surface area contributed by atoms with Crippen LogP contribution in [0.1, 0.15) is 31.0 Å². The number of likely N-dealkylation sites (N-methyl/N-ethyl adjacent to an activating group) is 1. The van der Waals surface area contributed by atoms with Gasteiger partial charge in [-0.3, -0.25) is 0 Å². The molecule has 2 unspecified atom stereocenters. The molecule has 0 bridgehead atoms. The van der Waals surface area contributed by atoms with Crippen molar-refractivity contribution in [2.75, 3.05) is 6.54 Å². The molecule has 0 aliphatic heterocycles. The van der Waals surface area contributed by atoms with Crippen molar-refractivity contribution >= 4 is 11.6 Å². The SMILES string of the molecule is CCNC(c1ccc(C)cc1)C(C)Oc1cccc(Cl)c1. The topological polar surface area (TPSA) is 21.3 Å². The predicted octanol–water partition coefficient (Wildman–Crippen LogP) is 4.77. The van der Waals surface area contributed by atoms with Gasteiger partial charge >= 0.3 is 0 Å². The highest BCUT2D eigenvalue weighted by molar-refractivity contribution is 6.30. The van der Waals surface area contributed by atoms with E-state index < -0.39 is 0 Å². The van der Waals surface area contributed by atoms with Crippen molar-refractivity contribution in [1.82, 2.24) is 5.32 Å². The molecule has 1 N–H and O–H groups in total. The summed E-state index contributed by atoms with van der Waals surface area (Å²) >= 11 is 6.01. The predicted molar refractivity (Wildman–Crippen MR) is 89.1 cm³/mol. The standard InChI is InChI=1S/C18H22ClNO/c1-4-20-18(15-10-8-13(2)9-11-15)14(3)21-17-7-5-6-16(19)12-17/h5-12,14,18,20H,4H2,1-3H3. The van der Waals surface area contributed by atoms with Crippen LogP contribution < -0.4 is 10.1 Å². The molecule has 0 amide bonds. The van der Waals surface area contributed by atoms with Gasteiger partial charge in [-0.1, -0.05) is 54.4 Å². The Bertz CT molecular complexity index is 568. The number of aryl methyl sites for hydroxylation is 1. The highest BCUT2D eigenvalue weighted by Crippen LogP contribution is 2.24. The molecule has 0 aliphatic carbocycles. The number of rotatable bonds is 6. The van der Waals surface area contributed by atoms with Gasteiger partial charge in [0.1, 0.15) is 11.9 Å². The van der Waals surface area contributed by atoms with E-state index in [2.05, 4.69) is 50.4 Å². The molecule has 2 atom stereocenters. The van der Waals surface area contributed by atoms with E-state index in [-0.39, 0.29) is 12.1 Å². The van der Waals surface area contributed by atoms with Gasteiger partial charge in [0.15, 0.2) is 0 Å². The normalized spacial score (nSPS) is 13.7. The molecule has 0 saturated carbocycles. The maximum atomic E-state index is 6.05. The highest BCUT2D eigenvalue weighted by atomic mass is 35.5. The molecule has 2 aromatic carbocycles. The molecule has 0 heterocycles. The van der Waals surface area contributed by atoms with Gasteiger partial charge in [0, 0.05) is 5.02 Å². The van der Waals surface area contributed by atoms with Crippen molar-refractivity contribution in [2.45, 2.75) is 32.9 Å². The van der Waals surface area contributed by atoms with Crippen LogP contribution in [0.3, 0.4) is 0 Å². The number of halogens is 1. The lowest BCUT2D eigenvalue weighted by molar-refractivity contribution is 0.172. The monoisotopic (exact) mass is 303 g/mol. The van der Waals surface area contributed by atoms with E-state index in [1.807, 2.05) is 24.3 Å². The minimum Gasteiger partial charge on any atom is -0.489 e. The molecule has 112 valence electrons. The van der Waals surface area contributed by atoms with Crippen LogP contribution in [-0.2, 0) is 0 Å². The van der Waals surface area contributed by atoms with Gasteiger partial charge in [0.2, 0.25) is 0 Å². The van der Waals surface area contributed by atoms with E-state index in [9.17, 15) is 0 Å². The first-order valence-corrected chi connectivity index (χ1v) is 7.70. The van der Waals surface area contributed by atoms with E-state index in [4.69, 9.17) is 16.3 Å². The number of hydrogen-bond acceptors (Lipinski definition) is 2. The lowest BCUT2D eigenvalue weighted by Crippen LogP contribution is -2.33. The molecule has 0 fully saturated rings. The van der Waals surface area contributed by atoms with Crippen LogP contribution in [0.25, 0.3) is 0 Å². The fourth-order valence-corrected chi connectivity index (χ4v) is 2.55. The maximum absolute atomic E-state index is 6.05. The Morgan fingerprint density at radius 1 is 1.14 bits per heavy atom. The molecule has 0 aliphatic rings. The van der Waals surface area contributed by atoms with Gasteiger partial charge in [-0.2, -0.15) is 0 Å². The molecular weight excluding hydrogens is 282 g/mol. The summed E-state index contributed by atoms with van der Waals surface area (Å²) in [4.78, 5) is 0. The lowest BCUT2D eigenvalue weighted by atomic mass is 10.0. The van der Waals surface area contributed by atoms with E-state index in [0.717, 1.165) is 12.3 Å². The average Bonchev–Trinajstić information content (AvgIpc) is 2.46. The highest BCUT2D eigenvalue weighted by Gasteiger charge is 2.20. The van der Waals surface area contributed by atoms with E-state index in [1.54, 1.807) is 0 Å². The van der Waals surface area contributed by atoms with Gasteiger partial charge < -0.3 is 10.1 Å². The first kappa shape index (κ1) is 15.9. The summed E-state index contributed by atoms with van der Waals surface area (Å²) in [6.45, 7) is 7.17. The van der Waals surface area contributed by atoms with Crippen LogP contribution in [0.4, 0.5) is 0 Å². The molecule has 21 heavy (non-hydrogen) atoms. The van der Waals surface area contributed by atoms with Gasteiger partial charge in [-0.15, -0.1) is 0 Å². The van der Waals surface area contributed by atoms with Crippen molar-refractivity contribution in [3.63, 3.8) is 0 Å². The lowest BCUT2D eigenvalue weighted by Gasteiger charge is -2.26. The molecule has 2 nitrogen and oxygen atoms in total. The zero-order valence-electron chi connectivity index (χ0n) is 12.8. The van der Waals surface area contributed by atoms with Gasteiger partial charge in [-0.25, -0.2) is 0 Å². The first-order chi connectivity index (χ1) is 10.1. The van der Waals surface area contributed by atoms with Crippen molar-refractivity contribution in [2.24, 2.45) is 0 Å². The fourth-order valence-electron chi connectivity index (χ4n) is 2.37. The second kappa shape index (κ2) is 7.48. The third-order valence-electron chi connectivity index (χ3n) is 3.45. The Morgan fingerprint density at radius 2 is 1.86 bits per heavy atom. The van der Waals surface area contributed by atoms with Gasteiger partial charge in [-0.05, 0) is 44.2 Å². The van der Waals surface area contributed by atoms with Crippen LogP contribution in [0, 0.1) is 6.92 Å². The molecule has 3 heteroatoms. The quantitative estimate of drug-likeness (QED) is 0.830. The number of nitrogens with one attached hydrogen (secondary N) is 1. The molecule has 2 aromatic rings. The molecule has 0 aromatic heterocycles. The van der Waals surface area contributed by atoms with Gasteiger partial charge in [0.25, 0.3) is 0 Å². The maximum Gasteiger partial charge on any atom is 0.121 e. The molecular formula is C18H22ClNO. The number of benzene rings is 2. The second-order valence-electron chi connectivity index (χ2n) is 5.23. The zero-order valence-corrected chi connectivity index (χ0v) is 13.5. The zero-order chi connectivity index (χ0) is 15.2. The van der Waals surface area contributed by atoms with Crippen LogP contribution in [-0.4, -0.2) is 12.6 Å². The summed E-state index contributed by atoms with van der Waals surface area (Å²) < 4.78 is 6.05. The van der Waals surface area contributed by atoms with Crippen molar-refractivity contribution in [3.05, 3.63) is 64.7 Å². The van der Waals surface area contributed by atoms with Crippen molar-refractivity contribution < 1.29 is 4.74 Å². The molecule has 2 rings (SSSR count). The molecule has 0 radical (unpaired) electrons. The van der Waals surface area contributed by atoms with Crippen LogP contribution >= 0.6 is 11.6 Å². The Labute approximate surface area is 132 Å². The third-order valence-corrected chi connectivity index (χ3v) is 3.68. The summed E-state index contributed by atoms with van der Waals surface area (Å²) in [6, 6.07) is 16.2. The summed E-state index contributed by atoms with van der Waals surface area (Å²) in [5.41, 5.74) is 2.49. The fraction of sp³-hybridized carbons (Fsp3) is 0.333. The smallest absolute Gasteiger partial charge is 0.121 e. The Kier molecular flexibility index (Phi) is 5.66. The van der Waals surface area contributed by atoms with E-state index >= 15 is 0 Å². The van der Waals surface area contributed by atoms with E-state index in [1.165, 1.54) is 11.1 Å². The molecule has 0 spiro atoms. The minimum atomic E-state index is 0.00567. The van der Waals surface area contributed by atoms with Crippen LogP contribution in [0.5, 0.6) is 5.75 Å².